The minimum absolute atomic E-state index is 0.197. The summed E-state index contributed by atoms with van der Waals surface area (Å²) in [6.07, 6.45) is 8.31. The van der Waals surface area contributed by atoms with E-state index < -0.39 is 0 Å². The first-order valence-electron chi connectivity index (χ1n) is 13.5. The van der Waals surface area contributed by atoms with Crippen molar-refractivity contribution < 1.29 is 9.32 Å². The van der Waals surface area contributed by atoms with Gasteiger partial charge in [-0.3, -0.25) is 14.7 Å². The van der Waals surface area contributed by atoms with E-state index in [9.17, 15) is 4.79 Å². The average molecular weight is 527 g/mol. The minimum Gasteiger partial charge on any atom is -0.368 e. The van der Waals surface area contributed by atoms with E-state index in [0.29, 0.717) is 17.1 Å². The van der Waals surface area contributed by atoms with Crippen LogP contribution >= 0.6 is 0 Å². The van der Waals surface area contributed by atoms with E-state index in [4.69, 9.17) is 4.52 Å². The normalized spacial score (nSPS) is 16.5. The first-order valence-corrected chi connectivity index (χ1v) is 13.5. The van der Waals surface area contributed by atoms with Crippen LogP contribution in [-0.2, 0) is 5.41 Å². The van der Waals surface area contributed by atoms with Crippen LogP contribution in [0.25, 0.3) is 16.9 Å². The van der Waals surface area contributed by atoms with Gasteiger partial charge in [-0.2, -0.15) is 0 Å². The van der Waals surface area contributed by atoms with Crippen molar-refractivity contribution in [1.29, 1.82) is 0 Å². The van der Waals surface area contributed by atoms with E-state index >= 15 is 0 Å². The Balaban J connectivity index is 1.18. The molecule has 39 heavy (non-hydrogen) atoms. The molecule has 6 rings (SSSR count). The molecular formula is C29H34N8O2. The van der Waals surface area contributed by atoms with E-state index in [1.54, 1.807) is 16.8 Å². The Labute approximate surface area is 228 Å². The van der Waals surface area contributed by atoms with Crippen molar-refractivity contribution in [3.05, 3.63) is 65.8 Å². The van der Waals surface area contributed by atoms with Crippen molar-refractivity contribution >= 4 is 17.4 Å². The first-order chi connectivity index (χ1) is 18.7. The molecule has 3 aromatic heterocycles. The third-order valence-electron chi connectivity index (χ3n) is 7.46. The van der Waals surface area contributed by atoms with Gasteiger partial charge in [0.15, 0.2) is 5.82 Å². The summed E-state index contributed by atoms with van der Waals surface area (Å²) in [5.74, 6) is 0.817. The Morgan fingerprint density at radius 1 is 1.05 bits per heavy atom. The van der Waals surface area contributed by atoms with Gasteiger partial charge in [0.05, 0.1) is 23.8 Å². The van der Waals surface area contributed by atoms with Crippen LogP contribution in [0.2, 0.25) is 0 Å². The maximum absolute atomic E-state index is 13.0. The third kappa shape index (κ3) is 5.42. The van der Waals surface area contributed by atoms with Gasteiger partial charge in [-0.05, 0) is 43.5 Å². The van der Waals surface area contributed by atoms with Crippen LogP contribution in [0.3, 0.4) is 0 Å². The van der Waals surface area contributed by atoms with Gasteiger partial charge in [-0.15, -0.1) is 5.10 Å². The molecule has 1 saturated carbocycles. The lowest BCUT2D eigenvalue weighted by molar-refractivity contribution is 0.102. The summed E-state index contributed by atoms with van der Waals surface area (Å²) in [6.45, 7) is 12.3. The van der Waals surface area contributed by atoms with Crippen molar-refractivity contribution in [2.24, 2.45) is 0 Å². The highest BCUT2D eigenvalue weighted by Gasteiger charge is 2.31. The summed E-state index contributed by atoms with van der Waals surface area (Å²) in [5, 5.41) is 15.6. The molecule has 202 valence electrons. The summed E-state index contributed by atoms with van der Waals surface area (Å²) < 4.78 is 7.09. The van der Waals surface area contributed by atoms with Gasteiger partial charge in [-0.25, -0.2) is 4.68 Å². The SMILES string of the molecule is Cc1ccc(C(=O)Nc2cc(C(C)(C)C)on2)cc1-n1cc(-c2cncc(N3CCN(C4CC4)CC3)c2)nn1. The topological polar surface area (TPSA) is 105 Å². The Kier molecular flexibility index (Phi) is 6.42. The predicted molar refractivity (Wildman–Crippen MR) is 149 cm³/mol. The van der Waals surface area contributed by atoms with Gasteiger partial charge < -0.3 is 14.7 Å². The van der Waals surface area contributed by atoms with Crippen LogP contribution in [0, 0.1) is 6.92 Å². The number of hydrogen-bond acceptors (Lipinski definition) is 8. The number of piperazine rings is 1. The predicted octanol–water partition coefficient (Wildman–Crippen LogP) is 4.46. The van der Waals surface area contributed by atoms with Crippen LogP contribution in [-0.4, -0.2) is 68.2 Å². The second kappa shape index (κ2) is 9.92. The number of anilines is 2. The monoisotopic (exact) mass is 526 g/mol. The molecule has 4 heterocycles. The summed E-state index contributed by atoms with van der Waals surface area (Å²) >= 11 is 0. The first kappa shape index (κ1) is 25.2. The van der Waals surface area contributed by atoms with Crippen molar-refractivity contribution in [3.8, 4) is 16.9 Å². The van der Waals surface area contributed by atoms with Gasteiger partial charge in [0.2, 0.25) is 0 Å². The summed E-state index contributed by atoms with van der Waals surface area (Å²) in [6, 6.07) is 10.2. The van der Waals surface area contributed by atoms with E-state index in [-0.39, 0.29) is 11.3 Å². The molecule has 0 spiro atoms. The van der Waals surface area contributed by atoms with E-state index in [1.165, 1.54) is 12.8 Å². The molecule has 10 nitrogen and oxygen atoms in total. The number of benzene rings is 1. The van der Waals surface area contributed by atoms with Gasteiger partial charge in [0.25, 0.3) is 5.91 Å². The summed E-state index contributed by atoms with van der Waals surface area (Å²) in [4.78, 5) is 22.5. The lowest BCUT2D eigenvalue weighted by Crippen LogP contribution is -2.47. The number of rotatable bonds is 6. The zero-order valence-electron chi connectivity index (χ0n) is 22.9. The number of amides is 1. The molecule has 1 aromatic carbocycles. The molecule has 2 aliphatic rings. The fourth-order valence-electron chi connectivity index (χ4n) is 4.91. The number of carbonyl (C=O) groups excluding carboxylic acids is 1. The number of nitrogens with one attached hydrogen (secondary N) is 1. The zero-order chi connectivity index (χ0) is 27.1. The lowest BCUT2D eigenvalue weighted by atomic mass is 9.93. The minimum atomic E-state index is -0.274. The van der Waals surface area contributed by atoms with Crippen LogP contribution in [0.15, 0.2) is 53.4 Å². The Bertz CT molecular complexity index is 1490. The number of aromatic nitrogens is 5. The molecule has 1 N–H and O–H groups in total. The third-order valence-corrected chi connectivity index (χ3v) is 7.46. The summed E-state index contributed by atoms with van der Waals surface area (Å²) in [7, 11) is 0. The fourth-order valence-corrected chi connectivity index (χ4v) is 4.91. The van der Waals surface area contributed by atoms with E-state index in [0.717, 1.165) is 60.4 Å². The van der Waals surface area contributed by atoms with Crippen LogP contribution < -0.4 is 10.2 Å². The summed E-state index contributed by atoms with van der Waals surface area (Å²) in [5.41, 5.74) is 4.79. The smallest absolute Gasteiger partial charge is 0.256 e. The van der Waals surface area contributed by atoms with E-state index in [1.807, 2.05) is 58.4 Å². The fraction of sp³-hybridized carbons (Fsp3) is 0.414. The van der Waals surface area contributed by atoms with Crippen LogP contribution in [0.4, 0.5) is 11.5 Å². The van der Waals surface area contributed by atoms with Crippen molar-refractivity contribution in [3.63, 3.8) is 0 Å². The van der Waals surface area contributed by atoms with Crippen LogP contribution in [0.5, 0.6) is 0 Å². The highest BCUT2D eigenvalue weighted by atomic mass is 16.5. The lowest BCUT2D eigenvalue weighted by Gasteiger charge is -2.36. The van der Waals surface area contributed by atoms with Gasteiger partial charge in [-0.1, -0.05) is 37.2 Å². The number of pyridine rings is 1. The molecular weight excluding hydrogens is 492 g/mol. The quantitative estimate of drug-likeness (QED) is 0.393. The zero-order valence-corrected chi connectivity index (χ0v) is 22.9. The molecule has 1 aliphatic heterocycles. The Morgan fingerprint density at radius 2 is 1.85 bits per heavy atom. The molecule has 0 atom stereocenters. The van der Waals surface area contributed by atoms with E-state index in [2.05, 4.69) is 41.6 Å². The molecule has 0 radical (unpaired) electrons. The number of nitrogens with zero attached hydrogens (tertiary/aromatic N) is 7. The molecule has 1 amide bonds. The highest BCUT2D eigenvalue weighted by Crippen LogP contribution is 2.30. The standard InChI is InChI=1S/C29H34N8O2/c1-19-5-6-20(28(38)31-27-15-26(39-33-27)29(2,3)4)14-25(19)37-18-24(32-34-37)21-13-23(17-30-16-21)36-11-9-35(10-12-36)22-7-8-22/h5-6,13-18,22H,7-12H2,1-4H3,(H,31,33,38). The van der Waals surface area contributed by atoms with Gasteiger partial charge in [0, 0.05) is 61.0 Å². The maximum atomic E-state index is 13.0. The molecule has 1 saturated heterocycles. The van der Waals surface area contributed by atoms with Crippen molar-refractivity contribution in [1.82, 2.24) is 30.0 Å². The maximum Gasteiger partial charge on any atom is 0.256 e. The Morgan fingerprint density at radius 3 is 2.56 bits per heavy atom. The second-order valence-electron chi connectivity index (χ2n) is 11.5. The molecule has 4 aromatic rings. The number of carbonyl (C=O) groups is 1. The number of aryl methyl sites for hydroxylation is 1. The van der Waals surface area contributed by atoms with Gasteiger partial charge in [0.1, 0.15) is 11.5 Å². The number of hydrogen-bond donors (Lipinski definition) is 1. The molecule has 0 bridgehead atoms. The van der Waals surface area contributed by atoms with Crippen LogP contribution in [0.1, 0.15) is 55.3 Å². The Hall–Kier alpha value is -4.05. The largest absolute Gasteiger partial charge is 0.368 e. The van der Waals surface area contributed by atoms with Crippen molar-refractivity contribution in [2.45, 2.75) is 52.0 Å². The molecule has 0 unspecified atom stereocenters. The second-order valence-corrected chi connectivity index (χ2v) is 11.5. The molecule has 2 fully saturated rings. The average Bonchev–Trinajstić information content (AvgIpc) is 3.46. The van der Waals surface area contributed by atoms with Gasteiger partial charge >= 0.3 is 0 Å². The van der Waals surface area contributed by atoms with Crippen molar-refractivity contribution in [2.75, 3.05) is 36.4 Å². The molecule has 10 heteroatoms. The highest BCUT2D eigenvalue weighted by molar-refractivity contribution is 6.04. The molecule has 1 aliphatic carbocycles.